The zero-order valence-electron chi connectivity index (χ0n) is 26.2. The standard InChI is InChI=1S/C38H41NO4/c1-25-14-16-26(17-15-25)28-11-10-22-38(23-28,35(41)42)24-39-31-13-9-8-12-30(31)32(33(39)34(40)43-37(5,6)7)27-18-20-29(21-19-27)36(2,3)4/h8-22H,23-24H2,1-7H3,(H,41,42). The molecule has 0 bridgehead atoms. The summed E-state index contributed by atoms with van der Waals surface area (Å²) in [6, 6.07) is 24.2. The summed E-state index contributed by atoms with van der Waals surface area (Å²) in [4.78, 5) is 27.2. The van der Waals surface area contributed by atoms with E-state index in [0.29, 0.717) is 5.69 Å². The van der Waals surface area contributed by atoms with Crippen molar-refractivity contribution in [3.63, 3.8) is 0 Å². The van der Waals surface area contributed by atoms with Gasteiger partial charge in [0.25, 0.3) is 0 Å². The predicted molar refractivity (Wildman–Crippen MR) is 174 cm³/mol. The largest absolute Gasteiger partial charge is 0.481 e. The Balaban J connectivity index is 1.70. The summed E-state index contributed by atoms with van der Waals surface area (Å²) in [7, 11) is 0. The lowest BCUT2D eigenvalue weighted by Gasteiger charge is -2.31. The fourth-order valence-corrected chi connectivity index (χ4v) is 5.81. The minimum atomic E-state index is -1.28. The number of fused-ring (bicyclic) bond motifs is 1. The fraction of sp³-hybridized carbons (Fsp3) is 0.316. The molecule has 222 valence electrons. The van der Waals surface area contributed by atoms with Crippen molar-refractivity contribution >= 4 is 28.4 Å². The fourth-order valence-electron chi connectivity index (χ4n) is 5.81. The number of ether oxygens (including phenoxy) is 1. The van der Waals surface area contributed by atoms with Crippen molar-refractivity contribution in [3.8, 4) is 11.1 Å². The Morgan fingerprint density at radius 2 is 1.51 bits per heavy atom. The Bertz CT molecular complexity index is 1740. The van der Waals surface area contributed by atoms with Crippen LogP contribution < -0.4 is 0 Å². The van der Waals surface area contributed by atoms with E-state index < -0.39 is 23.0 Å². The number of carbonyl (C=O) groups is 2. The number of aryl methyl sites for hydroxylation is 1. The Morgan fingerprint density at radius 1 is 0.884 bits per heavy atom. The molecule has 1 aliphatic rings. The van der Waals surface area contributed by atoms with Gasteiger partial charge in [-0.05, 0) is 67.9 Å². The van der Waals surface area contributed by atoms with E-state index in [-0.39, 0.29) is 18.4 Å². The zero-order chi connectivity index (χ0) is 31.2. The van der Waals surface area contributed by atoms with Crippen LogP contribution in [0.25, 0.3) is 27.6 Å². The highest BCUT2D eigenvalue weighted by Crippen LogP contribution is 2.43. The molecule has 1 aliphatic carbocycles. The number of allylic oxidation sites excluding steroid dienone is 3. The summed E-state index contributed by atoms with van der Waals surface area (Å²) in [5.74, 6) is -1.42. The minimum absolute atomic E-state index is 0.0234. The van der Waals surface area contributed by atoms with Gasteiger partial charge in [0, 0.05) is 23.0 Å². The Hall–Kier alpha value is -4.38. The van der Waals surface area contributed by atoms with Gasteiger partial charge in [-0.2, -0.15) is 0 Å². The monoisotopic (exact) mass is 575 g/mol. The zero-order valence-corrected chi connectivity index (χ0v) is 26.2. The van der Waals surface area contributed by atoms with Crippen LogP contribution in [0.4, 0.5) is 0 Å². The van der Waals surface area contributed by atoms with Gasteiger partial charge in [0.2, 0.25) is 0 Å². The maximum atomic E-state index is 14.1. The first-order chi connectivity index (χ1) is 20.2. The summed E-state index contributed by atoms with van der Waals surface area (Å²) < 4.78 is 7.85. The summed E-state index contributed by atoms with van der Waals surface area (Å²) in [6.45, 7) is 14.1. The molecule has 1 aromatic heterocycles. The van der Waals surface area contributed by atoms with E-state index in [1.165, 1.54) is 5.56 Å². The molecule has 5 rings (SSSR count). The molecule has 4 aromatic rings. The molecule has 0 aliphatic heterocycles. The van der Waals surface area contributed by atoms with Crippen LogP contribution in [0.5, 0.6) is 0 Å². The topological polar surface area (TPSA) is 68.5 Å². The highest BCUT2D eigenvalue weighted by Gasteiger charge is 2.41. The van der Waals surface area contributed by atoms with Gasteiger partial charge in [0.1, 0.15) is 16.7 Å². The van der Waals surface area contributed by atoms with Crippen LogP contribution in [0.1, 0.15) is 75.1 Å². The lowest BCUT2D eigenvalue weighted by molar-refractivity contribution is -0.146. The Kier molecular flexibility index (Phi) is 7.72. The number of hydrogen-bond donors (Lipinski definition) is 1. The van der Waals surface area contributed by atoms with Crippen molar-refractivity contribution in [2.45, 2.75) is 72.4 Å². The molecular weight excluding hydrogens is 534 g/mol. The van der Waals surface area contributed by atoms with Crippen LogP contribution in [-0.4, -0.2) is 27.2 Å². The summed E-state index contributed by atoms with van der Waals surface area (Å²) in [5.41, 5.74) is 5.01. The molecule has 3 aromatic carbocycles. The van der Waals surface area contributed by atoms with E-state index in [2.05, 4.69) is 32.9 Å². The van der Waals surface area contributed by atoms with Gasteiger partial charge in [0.05, 0.1) is 0 Å². The maximum absolute atomic E-state index is 14.1. The molecule has 0 spiro atoms. The van der Waals surface area contributed by atoms with Crippen LogP contribution in [0.2, 0.25) is 0 Å². The van der Waals surface area contributed by atoms with Crippen LogP contribution in [-0.2, 0) is 21.5 Å². The van der Waals surface area contributed by atoms with Gasteiger partial charge in [-0.1, -0.05) is 111 Å². The van der Waals surface area contributed by atoms with Crippen molar-refractivity contribution in [1.29, 1.82) is 0 Å². The highest BCUT2D eigenvalue weighted by molar-refractivity contribution is 6.09. The smallest absolute Gasteiger partial charge is 0.356 e. The number of rotatable bonds is 6. The molecule has 1 heterocycles. The second-order valence-corrected chi connectivity index (χ2v) is 13.7. The van der Waals surface area contributed by atoms with Gasteiger partial charge in [-0.25, -0.2) is 4.79 Å². The molecule has 0 amide bonds. The molecule has 0 radical (unpaired) electrons. The number of esters is 1. The van der Waals surface area contributed by atoms with Crippen LogP contribution in [0.3, 0.4) is 0 Å². The molecule has 0 fully saturated rings. The summed E-state index contributed by atoms with van der Waals surface area (Å²) in [6.07, 6.45) is 5.87. The lowest BCUT2D eigenvalue weighted by Crippen LogP contribution is -2.36. The summed E-state index contributed by atoms with van der Waals surface area (Å²) in [5, 5.41) is 11.6. The third kappa shape index (κ3) is 6.08. The number of benzene rings is 3. The van der Waals surface area contributed by atoms with E-state index in [1.807, 2.05) is 105 Å². The number of carboxylic acids is 1. The SMILES string of the molecule is Cc1ccc(C2=CC=CC(Cn3c(C(=O)OC(C)(C)C)c(-c4ccc(C(C)(C)C)cc4)c4ccccc43)(C(=O)O)C2)cc1. The first-order valence-corrected chi connectivity index (χ1v) is 14.8. The van der Waals surface area contributed by atoms with Crippen molar-refractivity contribution in [2.24, 2.45) is 5.41 Å². The third-order valence-electron chi connectivity index (χ3n) is 8.11. The predicted octanol–water partition coefficient (Wildman–Crippen LogP) is 8.98. The maximum Gasteiger partial charge on any atom is 0.356 e. The number of aromatic nitrogens is 1. The molecule has 5 heteroatoms. The lowest BCUT2D eigenvalue weighted by atomic mass is 9.76. The molecule has 0 saturated carbocycles. The summed E-state index contributed by atoms with van der Waals surface area (Å²) >= 11 is 0. The van der Waals surface area contributed by atoms with Gasteiger partial charge in [0.15, 0.2) is 0 Å². The number of aliphatic carboxylic acids is 1. The number of hydrogen-bond acceptors (Lipinski definition) is 3. The van der Waals surface area contributed by atoms with Crippen molar-refractivity contribution < 1.29 is 19.4 Å². The Labute approximate surface area is 254 Å². The van der Waals surface area contributed by atoms with Crippen molar-refractivity contribution in [2.75, 3.05) is 0 Å². The van der Waals surface area contributed by atoms with E-state index in [1.54, 1.807) is 6.08 Å². The Morgan fingerprint density at radius 3 is 2.12 bits per heavy atom. The van der Waals surface area contributed by atoms with E-state index in [9.17, 15) is 14.7 Å². The molecular formula is C38H41NO4. The van der Waals surface area contributed by atoms with Gasteiger partial charge < -0.3 is 14.4 Å². The van der Waals surface area contributed by atoms with Crippen LogP contribution in [0.15, 0.2) is 91.0 Å². The van der Waals surface area contributed by atoms with Crippen molar-refractivity contribution in [1.82, 2.24) is 4.57 Å². The van der Waals surface area contributed by atoms with E-state index >= 15 is 0 Å². The number of para-hydroxylation sites is 1. The highest BCUT2D eigenvalue weighted by atomic mass is 16.6. The second kappa shape index (κ2) is 11.0. The van der Waals surface area contributed by atoms with Crippen molar-refractivity contribution in [3.05, 3.63) is 113 Å². The van der Waals surface area contributed by atoms with Gasteiger partial charge in [-0.15, -0.1) is 0 Å². The quantitative estimate of drug-likeness (QED) is 0.233. The molecule has 1 N–H and O–H groups in total. The average molecular weight is 576 g/mol. The third-order valence-corrected chi connectivity index (χ3v) is 8.11. The normalized spacial score (nSPS) is 17.1. The molecule has 5 nitrogen and oxygen atoms in total. The number of carboxylic acid groups (broad SMARTS) is 1. The molecule has 0 saturated heterocycles. The first-order valence-electron chi connectivity index (χ1n) is 14.8. The van der Waals surface area contributed by atoms with Crippen LogP contribution in [0, 0.1) is 12.3 Å². The molecule has 1 atom stereocenters. The van der Waals surface area contributed by atoms with Gasteiger partial charge in [-0.3, -0.25) is 4.79 Å². The first kappa shape index (κ1) is 30.1. The number of nitrogens with zero attached hydrogens (tertiary/aromatic N) is 1. The number of carbonyl (C=O) groups excluding carboxylic acids is 1. The minimum Gasteiger partial charge on any atom is -0.481 e. The molecule has 43 heavy (non-hydrogen) atoms. The van der Waals surface area contributed by atoms with Crippen LogP contribution >= 0.6 is 0 Å². The second-order valence-electron chi connectivity index (χ2n) is 13.7. The van der Waals surface area contributed by atoms with E-state index in [4.69, 9.17) is 4.74 Å². The molecule has 1 unspecified atom stereocenters. The average Bonchev–Trinajstić information content (AvgIpc) is 3.26. The van der Waals surface area contributed by atoms with E-state index in [0.717, 1.165) is 38.7 Å². The van der Waals surface area contributed by atoms with Gasteiger partial charge >= 0.3 is 11.9 Å².